The number of amides is 2. The van der Waals surface area contributed by atoms with Gasteiger partial charge in [0.1, 0.15) is 5.82 Å². The molecule has 30 heavy (non-hydrogen) atoms. The summed E-state index contributed by atoms with van der Waals surface area (Å²) in [5.41, 5.74) is 1.93. The van der Waals surface area contributed by atoms with Gasteiger partial charge >= 0.3 is 0 Å². The Morgan fingerprint density at radius 1 is 1.10 bits per heavy atom. The highest BCUT2D eigenvalue weighted by atomic mass is 19.1. The minimum atomic E-state index is -0.348. The molecular weight excluding hydrogens is 385 g/mol. The number of hydrogen-bond acceptors (Lipinski definition) is 4. The standard InChI is InChI=1S/C23H26FN3O3/c24-18-4-6-19(7-5-18)26-23(29)17-3-8-21(25-15-17)16-9-11-27(12-10-16)22(28)14-20-2-1-13-30-20/h3-8,15-16,20H,1-2,9-14H2,(H,26,29)/t20-/m1/s1. The molecule has 2 aromatic rings. The molecule has 1 aromatic heterocycles. The highest BCUT2D eigenvalue weighted by Gasteiger charge is 2.27. The minimum Gasteiger partial charge on any atom is -0.378 e. The van der Waals surface area contributed by atoms with E-state index in [1.54, 1.807) is 12.3 Å². The summed E-state index contributed by atoms with van der Waals surface area (Å²) >= 11 is 0. The average molecular weight is 411 g/mol. The Morgan fingerprint density at radius 2 is 1.87 bits per heavy atom. The van der Waals surface area contributed by atoms with E-state index in [4.69, 9.17) is 4.74 Å². The van der Waals surface area contributed by atoms with E-state index >= 15 is 0 Å². The molecule has 1 N–H and O–H groups in total. The first-order chi connectivity index (χ1) is 14.6. The van der Waals surface area contributed by atoms with E-state index in [1.165, 1.54) is 24.3 Å². The molecule has 7 heteroatoms. The van der Waals surface area contributed by atoms with Gasteiger partial charge in [-0.1, -0.05) is 0 Å². The molecule has 2 saturated heterocycles. The van der Waals surface area contributed by atoms with E-state index in [0.29, 0.717) is 17.7 Å². The smallest absolute Gasteiger partial charge is 0.257 e. The Labute approximate surface area is 175 Å². The zero-order valence-electron chi connectivity index (χ0n) is 16.9. The second-order valence-electron chi connectivity index (χ2n) is 7.93. The summed E-state index contributed by atoms with van der Waals surface area (Å²) in [5, 5.41) is 2.73. The molecular formula is C23H26FN3O3. The Morgan fingerprint density at radius 3 is 2.50 bits per heavy atom. The second-order valence-corrected chi connectivity index (χ2v) is 7.93. The van der Waals surface area contributed by atoms with Gasteiger partial charge in [0.05, 0.1) is 18.1 Å². The first-order valence-corrected chi connectivity index (χ1v) is 10.5. The van der Waals surface area contributed by atoms with Crippen molar-refractivity contribution in [1.29, 1.82) is 0 Å². The fraction of sp³-hybridized carbons (Fsp3) is 0.435. The summed E-state index contributed by atoms with van der Waals surface area (Å²) in [5.74, 6) is -0.166. The van der Waals surface area contributed by atoms with Gasteiger partial charge in [-0.05, 0) is 62.1 Å². The van der Waals surface area contributed by atoms with Crippen molar-refractivity contribution in [3.63, 3.8) is 0 Å². The molecule has 1 aromatic carbocycles. The van der Waals surface area contributed by atoms with Crippen molar-refractivity contribution >= 4 is 17.5 Å². The molecule has 0 radical (unpaired) electrons. The summed E-state index contributed by atoms with van der Waals surface area (Å²) in [6.07, 6.45) is 5.91. The van der Waals surface area contributed by atoms with Crippen molar-refractivity contribution < 1.29 is 18.7 Å². The molecule has 2 aliphatic heterocycles. The van der Waals surface area contributed by atoms with Crippen molar-refractivity contribution in [2.75, 3.05) is 25.0 Å². The van der Waals surface area contributed by atoms with Gasteiger partial charge in [-0.25, -0.2) is 4.39 Å². The van der Waals surface area contributed by atoms with Crippen LogP contribution in [0.3, 0.4) is 0 Å². The fourth-order valence-corrected chi connectivity index (χ4v) is 4.07. The van der Waals surface area contributed by atoms with Crippen LogP contribution in [0.2, 0.25) is 0 Å². The summed E-state index contributed by atoms with van der Waals surface area (Å²) in [6, 6.07) is 9.28. The lowest BCUT2D eigenvalue weighted by Gasteiger charge is -2.32. The summed E-state index contributed by atoms with van der Waals surface area (Å²) in [7, 11) is 0. The van der Waals surface area contributed by atoms with E-state index in [-0.39, 0.29) is 29.7 Å². The van der Waals surface area contributed by atoms with Crippen molar-refractivity contribution in [3.05, 3.63) is 59.7 Å². The SMILES string of the molecule is O=C(Nc1ccc(F)cc1)c1ccc(C2CCN(C(=O)C[C@H]3CCCO3)CC2)nc1. The molecule has 0 saturated carbocycles. The average Bonchev–Trinajstić information content (AvgIpc) is 3.28. The number of hydrogen-bond donors (Lipinski definition) is 1. The number of pyridine rings is 1. The predicted molar refractivity (Wildman–Crippen MR) is 111 cm³/mol. The van der Waals surface area contributed by atoms with E-state index in [0.717, 1.165) is 51.1 Å². The number of nitrogens with zero attached hydrogens (tertiary/aromatic N) is 2. The Hall–Kier alpha value is -2.80. The van der Waals surface area contributed by atoms with Crippen LogP contribution in [0, 0.1) is 5.82 Å². The zero-order chi connectivity index (χ0) is 20.9. The molecule has 3 heterocycles. The largest absolute Gasteiger partial charge is 0.378 e. The summed E-state index contributed by atoms with van der Waals surface area (Å²) < 4.78 is 18.5. The third-order valence-electron chi connectivity index (χ3n) is 5.84. The predicted octanol–water partition coefficient (Wildman–Crippen LogP) is 3.75. The van der Waals surface area contributed by atoms with Gasteiger partial charge in [0.15, 0.2) is 0 Å². The van der Waals surface area contributed by atoms with E-state index in [9.17, 15) is 14.0 Å². The van der Waals surface area contributed by atoms with Crippen LogP contribution in [0.1, 0.15) is 54.1 Å². The number of anilines is 1. The third kappa shape index (κ3) is 5.02. The van der Waals surface area contributed by atoms with Crippen LogP contribution in [0.4, 0.5) is 10.1 Å². The number of rotatable bonds is 5. The Kier molecular flexibility index (Phi) is 6.38. The maximum absolute atomic E-state index is 13.0. The van der Waals surface area contributed by atoms with Crippen LogP contribution >= 0.6 is 0 Å². The molecule has 1 atom stereocenters. The number of halogens is 1. The topological polar surface area (TPSA) is 71.5 Å². The highest BCUT2D eigenvalue weighted by Crippen LogP contribution is 2.28. The minimum absolute atomic E-state index is 0.0884. The quantitative estimate of drug-likeness (QED) is 0.814. The normalized spacial score (nSPS) is 19.6. The number of piperidine rings is 1. The lowest BCUT2D eigenvalue weighted by atomic mass is 9.92. The number of carbonyl (C=O) groups is 2. The molecule has 4 rings (SSSR count). The van der Waals surface area contributed by atoms with Crippen LogP contribution < -0.4 is 5.32 Å². The molecule has 0 bridgehead atoms. The number of carbonyl (C=O) groups excluding carboxylic acids is 2. The van der Waals surface area contributed by atoms with Gasteiger partial charge in [0, 0.05) is 43.2 Å². The Bertz CT molecular complexity index is 872. The number of ether oxygens (including phenoxy) is 1. The lowest BCUT2D eigenvalue weighted by molar-refractivity contribution is -0.134. The molecule has 2 fully saturated rings. The van der Waals surface area contributed by atoms with Gasteiger partial charge in [-0.3, -0.25) is 14.6 Å². The zero-order valence-corrected chi connectivity index (χ0v) is 16.9. The monoisotopic (exact) mass is 411 g/mol. The van der Waals surface area contributed by atoms with E-state index in [1.807, 2.05) is 11.0 Å². The summed E-state index contributed by atoms with van der Waals surface area (Å²) in [6.45, 7) is 2.22. The second kappa shape index (κ2) is 9.34. The van der Waals surface area contributed by atoms with Crippen molar-refractivity contribution in [2.45, 2.75) is 44.1 Å². The number of benzene rings is 1. The molecule has 0 spiro atoms. The molecule has 2 amide bonds. The van der Waals surface area contributed by atoms with Crippen LogP contribution in [0.5, 0.6) is 0 Å². The van der Waals surface area contributed by atoms with Gasteiger partial charge < -0.3 is 15.0 Å². The van der Waals surface area contributed by atoms with Crippen LogP contribution in [0.15, 0.2) is 42.6 Å². The molecule has 6 nitrogen and oxygen atoms in total. The fourth-order valence-electron chi connectivity index (χ4n) is 4.07. The van der Waals surface area contributed by atoms with Gasteiger partial charge in [-0.2, -0.15) is 0 Å². The lowest BCUT2D eigenvalue weighted by Crippen LogP contribution is -2.39. The molecule has 2 aliphatic rings. The third-order valence-corrected chi connectivity index (χ3v) is 5.84. The van der Waals surface area contributed by atoms with E-state index < -0.39 is 0 Å². The van der Waals surface area contributed by atoms with Crippen LogP contribution in [-0.4, -0.2) is 47.5 Å². The first-order valence-electron chi connectivity index (χ1n) is 10.5. The van der Waals surface area contributed by atoms with Crippen molar-refractivity contribution in [3.8, 4) is 0 Å². The summed E-state index contributed by atoms with van der Waals surface area (Å²) in [4.78, 5) is 31.2. The van der Waals surface area contributed by atoms with Crippen molar-refractivity contribution in [2.24, 2.45) is 0 Å². The Balaban J connectivity index is 1.28. The molecule has 158 valence electrons. The maximum atomic E-state index is 13.0. The van der Waals surface area contributed by atoms with Gasteiger partial charge in [0.25, 0.3) is 5.91 Å². The molecule has 0 aliphatic carbocycles. The van der Waals surface area contributed by atoms with E-state index in [2.05, 4.69) is 10.3 Å². The van der Waals surface area contributed by atoms with Gasteiger partial charge in [-0.15, -0.1) is 0 Å². The van der Waals surface area contributed by atoms with Crippen molar-refractivity contribution in [1.82, 2.24) is 9.88 Å². The van der Waals surface area contributed by atoms with Crippen LogP contribution in [-0.2, 0) is 9.53 Å². The highest BCUT2D eigenvalue weighted by molar-refractivity contribution is 6.04. The number of nitrogens with one attached hydrogen (secondary N) is 1. The molecule has 0 unspecified atom stereocenters. The maximum Gasteiger partial charge on any atom is 0.257 e. The number of likely N-dealkylation sites (tertiary alicyclic amines) is 1. The number of aromatic nitrogens is 1. The first kappa shape index (κ1) is 20.5. The van der Waals surface area contributed by atoms with Gasteiger partial charge in [0.2, 0.25) is 5.91 Å². The van der Waals surface area contributed by atoms with Crippen LogP contribution in [0.25, 0.3) is 0 Å².